The molecule has 4 aromatic rings. The summed E-state index contributed by atoms with van der Waals surface area (Å²) in [5.74, 6) is 0.501. The molecule has 0 aromatic carbocycles. The Balaban J connectivity index is 1.45. The summed E-state index contributed by atoms with van der Waals surface area (Å²) in [6.07, 6.45) is 9.76. The van der Waals surface area contributed by atoms with Crippen LogP contribution in [0, 0.1) is 0 Å². The van der Waals surface area contributed by atoms with Gasteiger partial charge in [0, 0.05) is 48.6 Å². The standard InChI is InChI=1S/C24H26N8O/c1-13(33)21-22(15-9-16-4-5-17(10-15)28-16)29-24-18(12-27-32(24)23(21)25)14-3-6-19(26-11-14)20-7-8-31(2)30-20/h3,6-8,11-12,15-17,28H,4-5,9-10,25H2,1-2H3/t15-,16-,17?/m0/s1. The lowest BCUT2D eigenvalue weighted by Gasteiger charge is -2.30. The Bertz CT molecular complexity index is 1360. The highest BCUT2D eigenvalue weighted by molar-refractivity contribution is 6.00. The molecule has 0 aliphatic carbocycles. The Hall–Kier alpha value is -3.59. The lowest BCUT2D eigenvalue weighted by molar-refractivity contribution is 0.101. The van der Waals surface area contributed by atoms with E-state index in [9.17, 15) is 4.79 Å². The Kier molecular flexibility index (Phi) is 4.55. The van der Waals surface area contributed by atoms with E-state index in [-0.39, 0.29) is 11.7 Å². The third kappa shape index (κ3) is 3.31. The van der Waals surface area contributed by atoms with Crippen molar-refractivity contribution in [2.75, 3.05) is 5.73 Å². The highest BCUT2D eigenvalue weighted by Gasteiger charge is 2.37. The van der Waals surface area contributed by atoms with Crippen molar-refractivity contribution in [2.24, 2.45) is 7.05 Å². The predicted octanol–water partition coefficient (Wildman–Crippen LogP) is 2.97. The van der Waals surface area contributed by atoms with Gasteiger partial charge in [-0.15, -0.1) is 0 Å². The summed E-state index contributed by atoms with van der Waals surface area (Å²) in [5, 5.41) is 12.6. The Labute approximate surface area is 191 Å². The van der Waals surface area contributed by atoms with Crippen LogP contribution in [0.3, 0.4) is 0 Å². The first kappa shape index (κ1) is 20.0. The zero-order chi connectivity index (χ0) is 22.7. The van der Waals surface area contributed by atoms with Crippen molar-refractivity contribution < 1.29 is 4.79 Å². The number of nitrogens with two attached hydrogens (primary N) is 1. The summed E-state index contributed by atoms with van der Waals surface area (Å²) in [7, 11) is 1.88. The monoisotopic (exact) mass is 442 g/mol. The molecule has 2 aliphatic rings. The van der Waals surface area contributed by atoms with Crippen LogP contribution in [0.4, 0.5) is 5.82 Å². The molecule has 2 bridgehead atoms. The second-order valence-electron chi connectivity index (χ2n) is 9.22. The molecule has 2 saturated heterocycles. The summed E-state index contributed by atoms with van der Waals surface area (Å²) in [5.41, 5.74) is 11.8. The van der Waals surface area contributed by atoms with Crippen molar-refractivity contribution in [1.29, 1.82) is 0 Å². The molecule has 1 unspecified atom stereocenters. The number of anilines is 1. The van der Waals surface area contributed by atoms with E-state index in [0.717, 1.165) is 41.1 Å². The van der Waals surface area contributed by atoms with Gasteiger partial charge in [0.2, 0.25) is 0 Å². The van der Waals surface area contributed by atoms with E-state index >= 15 is 0 Å². The maximum absolute atomic E-state index is 12.6. The summed E-state index contributed by atoms with van der Waals surface area (Å²) in [6.45, 7) is 1.56. The smallest absolute Gasteiger partial charge is 0.165 e. The molecule has 9 heteroatoms. The first-order chi connectivity index (χ1) is 16.0. The number of fused-ring (bicyclic) bond motifs is 3. The van der Waals surface area contributed by atoms with E-state index in [4.69, 9.17) is 10.7 Å². The number of carbonyl (C=O) groups excluding carboxylic acids is 1. The van der Waals surface area contributed by atoms with Gasteiger partial charge in [0.1, 0.15) is 11.5 Å². The first-order valence-corrected chi connectivity index (χ1v) is 11.4. The van der Waals surface area contributed by atoms with Crippen LogP contribution in [0.1, 0.15) is 54.6 Å². The second-order valence-corrected chi connectivity index (χ2v) is 9.22. The average molecular weight is 443 g/mol. The number of aryl methyl sites for hydroxylation is 1. The zero-order valence-corrected chi connectivity index (χ0v) is 18.7. The number of hydrogen-bond donors (Lipinski definition) is 2. The second kappa shape index (κ2) is 7.48. The van der Waals surface area contributed by atoms with Gasteiger partial charge in [-0.25, -0.2) is 4.98 Å². The molecule has 168 valence electrons. The molecule has 0 radical (unpaired) electrons. The number of Topliss-reactive ketones (excluding diaryl/α,β-unsaturated/α-hetero) is 1. The number of carbonyl (C=O) groups is 1. The summed E-state index contributed by atoms with van der Waals surface area (Å²) >= 11 is 0. The molecule has 6 rings (SSSR count). The van der Waals surface area contributed by atoms with Crippen LogP contribution in [-0.2, 0) is 7.05 Å². The molecule has 4 aromatic heterocycles. The first-order valence-electron chi connectivity index (χ1n) is 11.4. The highest BCUT2D eigenvalue weighted by atomic mass is 16.1. The van der Waals surface area contributed by atoms with E-state index in [2.05, 4.69) is 20.5 Å². The fourth-order valence-electron chi connectivity index (χ4n) is 5.43. The van der Waals surface area contributed by atoms with Gasteiger partial charge in [-0.05, 0) is 44.7 Å². The number of pyridine rings is 1. The van der Waals surface area contributed by atoms with Crippen molar-refractivity contribution in [2.45, 2.75) is 50.6 Å². The summed E-state index contributed by atoms with van der Waals surface area (Å²) < 4.78 is 3.34. The number of piperidine rings is 1. The molecule has 2 aliphatic heterocycles. The van der Waals surface area contributed by atoms with Crippen LogP contribution in [0.2, 0.25) is 0 Å². The predicted molar refractivity (Wildman–Crippen MR) is 125 cm³/mol. The van der Waals surface area contributed by atoms with Crippen LogP contribution in [0.5, 0.6) is 0 Å². The third-order valence-corrected chi connectivity index (χ3v) is 6.97. The van der Waals surface area contributed by atoms with Crippen molar-refractivity contribution in [3.05, 3.63) is 48.0 Å². The van der Waals surface area contributed by atoms with Gasteiger partial charge in [-0.3, -0.25) is 14.5 Å². The van der Waals surface area contributed by atoms with E-state index < -0.39 is 0 Å². The summed E-state index contributed by atoms with van der Waals surface area (Å²) in [4.78, 5) is 22.2. The van der Waals surface area contributed by atoms with Crippen LogP contribution in [0.15, 0.2) is 36.8 Å². The molecule has 2 fully saturated rings. The van der Waals surface area contributed by atoms with E-state index in [1.54, 1.807) is 22.3 Å². The minimum atomic E-state index is -0.0683. The van der Waals surface area contributed by atoms with Crippen LogP contribution < -0.4 is 11.1 Å². The number of hydrogen-bond acceptors (Lipinski definition) is 7. The molecular weight excluding hydrogens is 416 g/mol. The van der Waals surface area contributed by atoms with Crippen molar-refractivity contribution in [1.82, 2.24) is 34.7 Å². The van der Waals surface area contributed by atoms with Gasteiger partial charge in [0.25, 0.3) is 0 Å². The zero-order valence-electron chi connectivity index (χ0n) is 18.7. The van der Waals surface area contributed by atoms with Gasteiger partial charge in [0.15, 0.2) is 11.4 Å². The van der Waals surface area contributed by atoms with E-state index in [0.29, 0.717) is 29.1 Å². The largest absolute Gasteiger partial charge is 0.383 e. The molecule has 3 atom stereocenters. The number of nitrogen functional groups attached to an aromatic ring is 1. The lowest BCUT2D eigenvalue weighted by Crippen LogP contribution is -2.38. The normalized spacial score (nSPS) is 22.2. The van der Waals surface area contributed by atoms with Gasteiger partial charge in [0.05, 0.1) is 23.1 Å². The molecule has 0 amide bonds. The number of ketones is 1. The molecule has 0 spiro atoms. The molecule has 33 heavy (non-hydrogen) atoms. The number of nitrogens with zero attached hydrogens (tertiary/aromatic N) is 6. The Morgan fingerprint density at radius 2 is 1.91 bits per heavy atom. The fraction of sp³-hybridized carbons (Fsp3) is 0.375. The van der Waals surface area contributed by atoms with Gasteiger partial charge >= 0.3 is 0 Å². The van der Waals surface area contributed by atoms with E-state index in [1.807, 2.05) is 37.6 Å². The minimum absolute atomic E-state index is 0.0683. The van der Waals surface area contributed by atoms with Crippen molar-refractivity contribution in [3.8, 4) is 22.5 Å². The van der Waals surface area contributed by atoms with Crippen LogP contribution >= 0.6 is 0 Å². The molecule has 6 heterocycles. The van der Waals surface area contributed by atoms with Gasteiger partial charge in [-0.1, -0.05) is 6.07 Å². The maximum atomic E-state index is 12.6. The maximum Gasteiger partial charge on any atom is 0.165 e. The number of aromatic nitrogens is 6. The molecule has 9 nitrogen and oxygen atoms in total. The van der Waals surface area contributed by atoms with Crippen LogP contribution in [-0.4, -0.2) is 47.2 Å². The topological polar surface area (TPSA) is 116 Å². The average Bonchev–Trinajstić information content (AvgIpc) is 3.52. The number of rotatable bonds is 4. The molecule has 0 saturated carbocycles. The highest BCUT2D eigenvalue weighted by Crippen LogP contribution is 2.40. The fourth-order valence-corrected chi connectivity index (χ4v) is 5.43. The minimum Gasteiger partial charge on any atom is -0.383 e. The van der Waals surface area contributed by atoms with Gasteiger partial charge < -0.3 is 11.1 Å². The van der Waals surface area contributed by atoms with Crippen molar-refractivity contribution >= 4 is 17.2 Å². The summed E-state index contributed by atoms with van der Waals surface area (Å²) in [6, 6.07) is 6.84. The Morgan fingerprint density at radius 3 is 2.55 bits per heavy atom. The molecular formula is C24H26N8O. The lowest BCUT2D eigenvalue weighted by atomic mass is 9.86. The quantitative estimate of drug-likeness (QED) is 0.467. The SMILES string of the molecule is CC(=O)c1c([C@@H]2CC3CC[C@@H](C2)N3)nc2c(-c3ccc(-c4ccn(C)n4)nc3)cnn2c1N. The third-order valence-electron chi connectivity index (χ3n) is 6.97. The van der Waals surface area contributed by atoms with Gasteiger partial charge in [-0.2, -0.15) is 14.7 Å². The number of nitrogens with one attached hydrogen (secondary N) is 1. The Morgan fingerprint density at radius 1 is 1.12 bits per heavy atom. The van der Waals surface area contributed by atoms with E-state index in [1.165, 1.54) is 12.8 Å². The molecule has 3 N–H and O–H groups in total. The van der Waals surface area contributed by atoms with Crippen molar-refractivity contribution in [3.63, 3.8) is 0 Å². The van der Waals surface area contributed by atoms with Crippen LogP contribution in [0.25, 0.3) is 28.2 Å².